The van der Waals surface area contributed by atoms with Gasteiger partial charge in [0.25, 0.3) is 0 Å². The Balaban J connectivity index is 1.04. The van der Waals surface area contributed by atoms with Gasteiger partial charge in [-0.05, 0) is 41.8 Å². The number of furan rings is 1. The summed E-state index contributed by atoms with van der Waals surface area (Å²) in [5.74, 6) is 1.87. The maximum absolute atomic E-state index is 12.5. The van der Waals surface area contributed by atoms with Crippen molar-refractivity contribution in [3.8, 4) is 22.5 Å². The molecule has 2 amide bonds. The minimum Gasteiger partial charge on any atom is -0.437 e. The lowest BCUT2D eigenvalue weighted by Crippen LogP contribution is -2.20. The summed E-state index contributed by atoms with van der Waals surface area (Å²) in [5, 5.41) is 9.94. The molecule has 7 rings (SSSR count). The Labute approximate surface area is 247 Å². The van der Waals surface area contributed by atoms with Crippen molar-refractivity contribution in [2.24, 2.45) is 0 Å². The molecular formula is C34H27N7O2. The quantitative estimate of drug-likeness (QED) is 0.150. The van der Waals surface area contributed by atoms with Crippen molar-refractivity contribution in [1.82, 2.24) is 19.9 Å². The number of hydrogen-bond acceptors (Lipinski definition) is 6. The van der Waals surface area contributed by atoms with E-state index in [1.807, 2.05) is 97.1 Å². The molecule has 0 aliphatic carbocycles. The van der Waals surface area contributed by atoms with E-state index in [-0.39, 0.29) is 6.03 Å². The van der Waals surface area contributed by atoms with Crippen LogP contribution in [0.15, 0.2) is 120 Å². The SMILES string of the molecule is O=C(Nc1ccc(CCNc2ncnc3oc(-c4ccccc4)c(-c4ccccc4)c23)cc1)Nc1nc2ccccc2[nH]1. The number of amides is 2. The predicted octanol–water partition coefficient (Wildman–Crippen LogP) is 7.73. The van der Waals surface area contributed by atoms with E-state index in [1.165, 1.54) is 6.33 Å². The highest BCUT2D eigenvalue weighted by atomic mass is 16.3. The molecule has 0 bridgehead atoms. The number of hydrogen-bond donors (Lipinski definition) is 4. The second kappa shape index (κ2) is 11.5. The van der Waals surface area contributed by atoms with Gasteiger partial charge < -0.3 is 20.0 Å². The van der Waals surface area contributed by atoms with Crippen LogP contribution in [0.25, 0.3) is 44.6 Å². The van der Waals surface area contributed by atoms with Crippen molar-refractivity contribution in [3.63, 3.8) is 0 Å². The fraction of sp³-hybridized carbons (Fsp3) is 0.0588. The predicted molar refractivity (Wildman–Crippen MR) is 170 cm³/mol. The Morgan fingerprint density at radius 3 is 2.26 bits per heavy atom. The first kappa shape index (κ1) is 26.0. The summed E-state index contributed by atoms with van der Waals surface area (Å²) in [7, 11) is 0. The topological polar surface area (TPSA) is 121 Å². The van der Waals surface area contributed by atoms with Crippen LogP contribution in [0.2, 0.25) is 0 Å². The summed E-state index contributed by atoms with van der Waals surface area (Å²) in [6.07, 6.45) is 2.27. The smallest absolute Gasteiger partial charge is 0.326 e. The molecule has 0 aliphatic rings. The fourth-order valence-corrected chi connectivity index (χ4v) is 5.10. The van der Waals surface area contributed by atoms with Crippen LogP contribution in [-0.2, 0) is 6.42 Å². The minimum absolute atomic E-state index is 0.370. The molecule has 0 aliphatic heterocycles. The van der Waals surface area contributed by atoms with E-state index in [4.69, 9.17) is 4.42 Å². The van der Waals surface area contributed by atoms with Crippen molar-refractivity contribution in [2.75, 3.05) is 22.5 Å². The number of H-pyrrole nitrogens is 1. The monoisotopic (exact) mass is 565 g/mol. The normalized spacial score (nSPS) is 11.1. The average Bonchev–Trinajstić information content (AvgIpc) is 3.64. The molecule has 0 saturated heterocycles. The molecule has 210 valence electrons. The maximum atomic E-state index is 12.5. The molecule has 3 heterocycles. The minimum atomic E-state index is -0.370. The van der Waals surface area contributed by atoms with E-state index >= 15 is 0 Å². The number of aromatic nitrogens is 4. The first-order valence-corrected chi connectivity index (χ1v) is 14.0. The summed E-state index contributed by atoms with van der Waals surface area (Å²) in [6, 6.07) is 35.2. The second-order valence-electron chi connectivity index (χ2n) is 10.00. The van der Waals surface area contributed by atoms with Crippen LogP contribution in [-0.4, -0.2) is 32.5 Å². The summed E-state index contributed by atoms with van der Waals surface area (Å²) in [6.45, 7) is 0.644. The Morgan fingerprint density at radius 2 is 1.49 bits per heavy atom. The number of rotatable bonds is 8. The Morgan fingerprint density at radius 1 is 0.767 bits per heavy atom. The molecule has 4 N–H and O–H groups in total. The van der Waals surface area contributed by atoms with Crippen LogP contribution in [0.3, 0.4) is 0 Å². The van der Waals surface area contributed by atoms with Gasteiger partial charge in [0.15, 0.2) is 0 Å². The summed E-state index contributed by atoms with van der Waals surface area (Å²) in [4.78, 5) is 29.0. The lowest BCUT2D eigenvalue weighted by molar-refractivity contribution is 0.262. The van der Waals surface area contributed by atoms with Gasteiger partial charge in [0.1, 0.15) is 17.9 Å². The Bertz CT molecular complexity index is 1980. The third-order valence-corrected chi connectivity index (χ3v) is 7.13. The highest BCUT2D eigenvalue weighted by Crippen LogP contribution is 2.42. The number of carbonyl (C=O) groups excluding carboxylic acids is 1. The summed E-state index contributed by atoms with van der Waals surface area (Å²) >= 11 is 0. The number of fused-ring (bicyclic) bond motifs is 2. The number of anilines is 3. The van der Waals surface area contributed by atoms with E-state index in [2.05, 4.69) is 48.0 Å². The van der Waals surface area contributed by atoms with Gasteiger partial charge in [0.2, 0.25) is 11.7 Å². The van der Waals surface area contributed by atoms with Gasteiger partial charge in [-0.3, -0.25) is 5.32 Å². The lowest BCUT2D eigenvalue weighted by Gasteiger charge is -2.10. The van der Waals surface area contributed by atoms with Gasteiger partial charge >= 0.3 is 6.03 Å². The molecule has 0 unspecified atom stereocenters. The van der Waals surface area contributed by atoms with Crippen LogP contribution < -0.4 is 16.0 Å². The van der Waals surface area contributed by atoms with Gasteiger partial charge in [-0.25, -0.2) is 19.7 Å². The van der Waals surface area contributed by atoms with Gasteiger partial charge in [-0.15, -0.1) is 0 Å². The number of para-hydroxylation sites is 2. The number of aromatic amines is 1. The average molecular weight is 566 g/mol. The number of carbonyl (C=O) groups is 1. The Kier molecular flexibility index (Phi) is 6.94. The molecule has 4 aromatic carbocycles. The van der Waals surface area contributed by atoms with Crippen molar-refractivity contribution in [2.45, 2.75) is 6.42 Å². The van der Waals surface area contributed by atoms with Crippen LogP contribution in [0.5, 0.6) is 0 Å². The summed E-state index contributed by atoms with van der Waals surface area (Å²) in [5.41, 5.74) is 6.95. The van der Waals surface area contributed by atoms with E-state index < -0.39 is 0 Å². The molecule has 9 nitrogen and oxygen atoms in total. The lowest BCUT2D eigenvalue weighted by atomic mass is 9.99. The zero-order valence-electron chi connectivity index (χ0n) is 23.0. The third kappa shape index (κ3) is 5.51. The van der Waals surface area contributed by atoms with E-state index in [1.54, 1.807) is 0 Å². The zero-order chi connectivity index (χ0) is 29.0. The third-order valence-electron chi connectivity index (χ3n) is 7.13. The molecule has 9 heteroatoms. The van der Waals surface area contributed by atoms with E-state index in [9.17, 15) is 4.79 Å². The van der Waals surface area contributed by atoms with Crippen LogP contribution in [0.1, 0.15) is 5.56 Å². The summed E-state index contributed by atoms with van der Waals surface area (Å²) < 4.78 is 6.31. The number of benzene rings is 4. The van der Waals surface area contributed by atoms with Crippen molar-refractivity contribution in [1.29, 1.82) is 0 Å². The number of nitrogens with zero attached hydrogens (tertiary/aromatic N) is 3. The number of nitrogens with one attached hydrogen (secondary N) is 4. The van der Waals surface area contributed by atoms with Gasteiger partial charge in [-0.1, -0.05) is 84.9 Å². The molecule has 0 atom stereocenters. The molecule has 3 aromatic heterocycles. The zero-order valence-corrected chi connectivity index (χ0v) is 23.0. The number of urea groups is 1. The number of imidazole rings is 1. The van der Waals surface area contributed by atoms with Crippen LogP contribution >= 0.6 is 0 Å². The first-order valence-electron chi connectivity index (χ1n) is 14.0. The van der Waals surface area contributed by atoms with Gasteiger partial charge in [0, 0.05) is 23.4 Å². The molecule has 0 radical (unpaired) electrons. The molecular weight excluding hydrogens is 538 g/mol. The first-order chi connectivity index (χ1) is 21.2. The van der Waals surface area contributed by atoms with Gasteiger partial charge in [-0.2, -0.15) is 0 Å². The molecule has 0 spiro atoms. The fourth-order valence-electron chi connectivity index (χ4n) is 5.10. The van der Waals surface area contributed by atoms with Crippen molar-refractivity contribution in [3.05, 3.63) is 121 Å². The standard InChI is InChI=1S/C34H27N7O2/c42-34(41-33-39-26-13-7-8-14-27(26)40-33)38-25-17-15-22(16-18-25)19-20-35-31-29-28(23-9-3-1-4-10-23)30(24-11-5-2-6-12-24)43-32(29)37-21-36-31/h1-18,21H,19-20H2,(H,35,36,37)(H3,38,39,40,41,42). The highest BCUT2D eigenvalue weighted by molar-refractivity contribution is 6.06. The largest absolute Gasteiger partial charge is 0.437 e. The Hall–Kier alpha value is -5.96. The van der Waals surface area contributed by atoms with E-state index in [0.717, 1.165) is 56.7 Å². The van der Waals surface area contributed by atoms with Gasteiger partial charge in [0.05, 0.1) is 16.4 Å². The van der Waals surface area contributed by atoms with Crippen molar-refractivity contribution < 1.29 is 9.21 Å². The van der Waals surface area contributed by atoms with E-state index in [0.29, 0.717) is 23.9 Å². The highest BCUT2D eigenvalue weighted by Gasteiger charge is 2.21. The molecule has 43 heavy (non-hydrogen) atoms. The van der Waals surface area contributed by atoms with Crippen LogP contribution in [0, 0.1) is 0 Å². The molecule has 0 saturated carbocycles. The molecule has 0 fully saturated rings. The maximum Gasteiger partial charge on any atom is 0.326 e. The second-order valence-corrected chi connectivity index (χ2v) is 10.00. The van der Waals surface area contributed by atoms with Crippen molar-refractivity contribution >= 4 is 45.6 Å². The van der Waals surface area contributed by atoms with Crippen LogP contribution in [0.4, 0.5) is 22.2 Å². The molecule has 7 aromatic rings.